The Kier molecular flexibility index (Phi) is 2.70. The zero-order valence-corrected chi connectivity index (χ0v) is 10.8. The van der Waals surface area contributed by atoms with Crippen LogP contribution in [0.5, 0.6) is 0 Å². The Balaban J connectivity index is 2.50. The number of aromatic amines is 1. The van der Waals surface area contributed by atoms with Gasteiger partial charge in [0, 0.05) is 18.2 Å². The lowest BCUT2D eigenvalue weighted by Gasteiger charge is -2.10. The summed E-state index contributed by atoms with van der Waals surface area (Å²) in [5, 5.41) is 9.26. The van der Waals surface area contributed by atoms with Crippen molar-refractivity contribution in [2.24, 2.45) is 0 Å². The Morgan fingerprint density at radius 3 is 2.75 bits per heavy atom. The highest BCUT2D eigenvalue weighted by Gasteiger charge is 2.28. The first kappa shape index (κ1) is 12.6. The summed E-state index contributed by atoms with van der Waals surface area (Å²) in [6, 6.07) is 1.45. The third-order valence-electron chi connectivity index (χ3n) is 3.51. The first-order valence-corrected chi connectivity index (χ1v) is 6.44. The second-order valence-corrected chi connectivity index (χ2v) is 4.88. The van der Waals surface area contributed by atoms with Crippen LogP contribution in [-0.4, -0.2) is 25.6 Å². The molecule has 0 saturated heterocycles. The van der Waals surface area contributed by atoms with Gasteiger partial charge in [-0.25, -0.2) is 14.6 Å². The highest BCUT2D eigenvalue weighted by atomic mass is 16.4. The summed E-state index contributed by atoms with van der Waals surface area (Å²) in [6.45, 7) is 2.05. The maximum Gasteiger partial charge on any atom is 0.336 e. The van der Waals surface area contributed by atoms with E-state index in [2.05, 4.69) is 9.97 Å². The number of H-pyrrole nitrogens is 1. The SMILES string of the molecule is CCn1c(=O)[nH]c(=O)c2c(C(=O)O)cc(C3CC3)nc21. The average Bonchev–Trinajstić information content (AvgIpc) is 3.21. The number of aromatic nitrogens is 3. The molecule has 0 spiro atoms. The number of carboxylic acid groups (broad SMARTS) is 1. The number of hydrogen-bond acceptors (Lipinski definition) is 4. The van der Waals surface area contributed by atoms with Crippen molar-refractivity contribution < 1.29 is 9.90 Å². The molecule has 0 bridgehead atoms. The Morgan fingerprint density at radius 2 is 2.20 bits per heavy atom. The Bertz CT molecular complexity index is 830. The van der Waals surface area contributed by atoms with Gasteiger partial charge in [0.2, 0.25) is 0 Å². The molecular weight excluding hydrogens is 262 g/mol. The highest BCUT2D eigenvalue weighted by Crippen LogP contribution is 2.39. The summed E-state index contributed by atoms with van der Waals surface area (Å²) in [5.74, 6) is -0.955. The quantitative estimate of drug-likeness (QED) is 0.857. The lowest BCUT2D eigenvalue weighted by Crippen LogP contribution is -2.31. The Hall–Kier alpha value is -2.44. The number of nitrogens with zero attached hydrogens (tertiary/aromatic N) is 2. The van der Waals surface area contributed by atoms with Gasteiger partial charge in [-0.15, -0.1) is 0 Å². The molecule has 1 fully saturated rings. The van der Waals surface area contributed by atoms with E-state index in [-0.39, 0.29) is 22.5 Å². The van der Waals surface area contributed by atoms with Crippen molar-refractivity contribution >= 4 is 17.0 Å². The molecule has 2 aromatic rings. The van der Waals surface area contributed by atoms with Gasteiger partial charge in [-0.2, -0.15) is 0 Å². The number of rotatable bonds is 3. The van der Waals surface area contributed by atoms with Crippen LogP contribution in [-0.2, 0) is 6.54 Å². The third-order valence-corrected chi connectivity index (χ3v) is 3.51. The number of nitrogens with one attached hydrogen (secondary N) is 1. The second-order valence-electron chi connectivity index (χ2n) is 4.88. The number of aromatic carboxylic acids is 1. The first-order chi connectivity index (χ1) is 9.52. The van der Waals surface area contributed by atoms with Crippen molar-refractivity contribution in [3.05, 3.63) is 38.2 Å². The van der Waals surface area contributed by atoms with Crippen molar-refractivity contribution in [2.45, 2.75) is 32.2 Å². The predicted molar refractivity (Wildman–Crippen MR) is 71.2 cm³/mol. The topological polar surface area (TPSA) is 105 Å². The van der Waals surface area contributed by atoms with E-state index < -0.39 is 17.2 Å². The molecule has 1 saturated carbocycles. The van der Waals surface area contributed by atoms with Gasteiger partial charge < -0.3 is 5.11 Å². The van der Waals surface area contributed by atoms with Crippen LogP contribution < -0.4 is 11.2 Å². The fourth-order valence-electron chi connectivity index (χ4n) is 2.34. The van der Waals surface area contributed by atoms with E-state index in [1.165, 1.54) is 10.6 Å². The van der Waals surface area contributed by atoms with Gasteiger partial charge in [0.05, 0.1) is 10.9 Å². The molecular formula is C13H13N3O4. The molecule has 3 rings (SSSR count). The van der Waals surface area contributed by atoms with Crippen LogP contribution >= 0.6 is 0 Å². The normalized spacial score (nSPS) is 14.7. The molecule has 0 aromatic carbocycles. The lowest BCUT2D eigenvalue weighted by atomic mass is 10.1. The second kappa shape index (κ2) is 4.29. The van der Waals surface area contributed by atoms with Crippen molar-refractivity contribution in [3.63, 3.8) is 0 Å². The number of aryl methyl sites for hydroxylation is 1. The van der Waals surface area contributed by atoms with E-state index in [1.807, 2.05) is 0 Å². The third kappa shape index (κ3) is 1.82. The van der Waals surface area contributed by atoms with Crippen LogP contribution in [0.2, 0.25) is 0 Å². The molecule has 0 atom stereocenters. The summed E-state index contributed by atoms with van der Waals surface area (Å²) in [6.07, 6.45) is 1.91. The zero-order valence-electron chi connectivity index (χ0n) is 10.8. The summed E-state index contributed by atoms with van der Waals surface area (Å²) in [7, 11) is 0. The summed E-state index contributed by atoms with van der Waals surface area (Å²) < 4.78 is 1.29. The number of pyridine rings is 1. The molecule has 0 unspecified atom stereocenters. The minimum Gasteiger partial charge on any atom is -0.478 e. The van der Waals surface area contributed by atoms with E-state index in [4.69, 9.17) is 0 Å². The lowest BCUT2D eigenvalue weighted by molar-refractivity contribution is 0.0698. The molecule has 0 radical (unpaired) electrons. The minimum absolute atomic E-state index is 0.0386. The molecule has 2 aromatic heterocycles. The van der Waals surface area contributed by atoms with Crippen LogP contribution in [0.15, 0.2) is 15.7 Å². The van der Waals surface area contributed by atoms with Crippen molar-refractivity contribution in [2.75, 3.05) is 0 Å². The molecule has 1 aliphatic rings. The molecule has 7 nitrogen and oxygen atoms in total. The molecule has 20 heavy (non-hydrogen) atoms. The average molecular weight is 275 g/mol. The maximum absolute atomic E-state index is 11.9. The van der Waals surface area contributed by atoms with Crippen LogP contribution in [0.3, 0.4) is 0 Å². The fraction of sp³-hybridized carbons (Fsp3) is 0.385. The van der Waals surface area contributed by atoms with Crippen LogP contribution in [0.4, 0.5) is 0 Å². The first-order valence-electron chi connectivity index (χ1n) is 6.44. The fourth-order valence-corrected chi connectivity index (χ4v) is 2.34. The molecule has 7 heteroatoms. The summed E-state index contributed by atoms with van der Waals surface area (Å²) in [4.78, 5) is 41.6. The summed E-state index contributed by atoms with van der Waals surface area (Å²) in [5.41, 5.74) is -0.575. The van der Waals surface area contributed by atoms with Crippen molar-refractivity contribution in [1.29, 1.82) is 0 Å². The summed E-state index contributed by atoms with van der Waals surface area (Å²) >= 11 is 0. The Morgan fingerprint density at radius 1 is 1.50 bits per heavy atom. The monoisotopic (exact) mass is 275 g/mol. The van der Waals surface area contributed by atoms with Crippen molar-refractivity contribution in [1.82, 2.24) is 14.5 Å². The molecule has 2 N–H and O–H groups in total. The van der Waals surface area contributed by atoms with E-state index in [9.17, 15) is 19.5 Å². The van der Waals surface area contributed by atoms with Gasteiger partial charge in [-0.05, 0) is 25.8 Å². The van der Waals surface area contributed by atoms with Gasteiger partial charge in [-0.1, -0.05) is 0 Å². The predicted octanol–water partition coefficient (Wildman–Crippen LogP) is 0.680. The Labute approximate surface area is 112 Å². The van der Waals surface area contributed by atoms with E-state index in [1.54, 1.807) is 6.92 Å². The van der Waals surface area contributed by atoms with Crippen LogP contribution in [0.1, 0.15) is 41.7 Å². The maximum atomic E-state index is 11.9. The molecule has 0 aliphatic heterocycles. The van der Waals surface area contributed by atoms with E-state index in [0.717, 1.165) is 12.8 Å². The van der Waals surface area contributed by atoms with Gasteiger partial charge in [-0.3, -0.25) is 14.3 Å². The standard InChI is InChI=1S/C13H13N3O4/c1-2-16-10-9(11(17)15-13(16)20)7(12(18)19)5-8(14-10)6-3-4-6/h5-6H,2-4H2,1H3,(H,18,19)(H,15,17,20). The molecule has 2 heterocycles. The van der Waals surface area contributed by atoms with Crippen molar-refractivity contribution in [3.8, 4) is 0 Å². The number of fused-ring (bicyclic) bond motifs is 1. The largest absolute Gasteiger partial charge is 0.478 e. The number of hydrogen-bond donors (Lipinski definition) is 2. The highest BCUT2D eigenvalue weighted by molar-refractivity contribution is 6.01. The van der Waals surface area contributed by atoms with Crippen LogP contribution in [0.25, 0.3) is 11.0 Å². The number of carbonyl (C=O) groups is 1. The molecule has 1 aliphatic carbocycles. The minimum atomic E-state index is -1.19. The van der Waals surface area contributed by atoms with E-state index in [0.29, 0.717) is 12.2 Å². The van der Waals surface area contributed by atoms with Gasteiger partial charge in [0.15, 0.2) is 5.65 Å². The van der Waals surface area contributed by atoms with E-state index >= 15 is 0 Å². The zero-order chi connectivity index (χ0) is 14.4. The van der Waals surface area contributed by atoms with Crippen LogP contribution in [0, 0.1) is 0 Å². The van der Waals surface area contributed by atoms with Gasteiger partial charge in [0.1, 0.15) is 0 Å². The van der Waals surface area contributed by atoms with Gasteiger partial charge >= 0.3 is 11.7 Å². The molecule has 104 valence electrons. The van der Waals surface area contributed by atoms with Gasteiger partial charge in [0.25, 0.3) is 5.56 Å². The molecule has 0 amide bonds. The smallest absolute Gasteiger partial charge is 0.336 e. The number of carboxylic acids is 1.